The molecule has 0 atom stereocenters. The normalized spacial score (nSPS) is 11.0. The van der Waals surface area contributed by atoms with E-state index in [0.717, 1.165) is 16.4 Å². The fraction of sp³-hybridized carbons (Fsp3) is 0. The molecule has 5 heteroatoms. The summed E-state index contributed by atoms with van der Waals surface area (Å²) in [5.74, 6) is 0. The summed E-state index contributed by atoms with van der Waals surface area (Å²) >= 11 is 0. The summed E-state index contributed by atoms with van der Waals surface area (Å²) < 4.78 is 1.72. The van der Waals surface area contributed by atoms with Gasteiger partial charge in [0.25, 0.3) is 5.69 Å². The van der Waals surface area contributed by atoms with Crippen LogP contribution in [0.5, 0.6) is 0 Å². The van der Waals surface area contributed by atoms with Crippen molar-refractivity contribution >= 4 is 22.1 Å². The first-order valence-electron chi connectivity index (χ1n) is 4.77. The van der Waals surface area contributed by atoms with Gasteiger partial charge < -0.3 is 0 Å². The smallest absolute Gasteiger partial charge is 0.258 e. The number of pyridine rings is 1. The molecule has 78 valence electrons. The van der Waals surface area contributed by atoms with Gasteiger partial charge in [0.05, 0.1) is 16.0 Å². The highest BCUT2D eigenvalue weighted by molar-refractivity contribution is 5.95. The summed E-state index contributed by atoms with van der Waals surface area (Å²) in [5, 5.41) is 15.8. The Morgan fingerprint density at radius 2 is 2.12 bits per heavy atom. The van der Waals surface area contributed by atoms with Gasteiger partial charge in [0, 0.05) is 23.7 Å². The molecule has 2 heterocycles. The van der Waals surface area contributed by atoms with Crippen molar-refractivity contribution in [3.63, 3.8) is 0 Å². The van der Waals surface area contributed by atoms with Crippen molar-refractivity contribution < 1.29 is 4.92 Å². The van der Waals surface area contributed by atoms with Gasteiger partial charge in [-0.05, 0) is 18.2 Å². The van der Waals surface area contributed by atoms with Crippen molar-refractivity contribution in [2.75, 3.05) is 0 Å². The van der Waals surface area contributed by atoms with Gasteiger partial charge >= 0.3 is 0 Å². The third kappa shape index (κ3) is 1.15. The number of benzene rings is 1. The molecule has 0 spiro atoms. The lowest BCUT2D eigenvalue weighted by atomic mass is 10.2. The molecule has 0 aliphatic heterocycles. The lowest BCUT2D eigenvalue weighted by molar-refractivity contribution is -0.384. The van der Waals surface area contributed by atoms with Crippen LogP contribution in [0.3, 0.4) is 0 Å². The Labute approximate surface area is 90.1 Å². The number of fused-ring (bicyclic) bond motifs is 3. The first kappa shape index (κ1) is 8.84. The van der Waals surface area contributed by atoms with Crippen molar-refractivity contribution in [1.82, 2.24) is 9.61 Å². The van der Waals surface area contributed by atoms with Crippen molar-refractivity contribution in [1.29, 1.82) is 0 Å². The van der Waals surface area contributed by atoms with E-state index >= 15 is 0 Å². The van der Waals surface area contributed by atoms with E-state index < -0.39 is 4.92 Å². The summed E-state index contributed by atoms with van der Waals surface area (Å²) in [5.41, 5.74) is 1.73. The number of nitro benzene ring substituents is 1. The van der Waals surface area contributed by atoms with Crippen molar-refractivity contribution in [2.24, 2.45) is 0 Å². The highest BCUT2D eigenvalue weighted by Gasteiger charge is 2.10. The lowest BCUT2D eigenvalue weighted by Gasteiger charge is -1.91. The number of hydrogen-bond donors (Lipinski definition) is 0. The number of rotatable bonds is 1. The maximum atomic E-state index is 10.7. The van der Waals surface area contributed by atoms with Gasteiger partial charge in [-0.25, -0.2) is 4.52 Å². The van der Waals surface area contributed by atoms with Crippen LogP contribution in [0.1, 0.15) is 0 Å². The molecule has 16 heavy (non-hydrogen) atoms. The van der Waals surface area contributed by atoms with Gasteiger partial charge in [0.1, 0.15) is 0 Å². The summed E-state index contributed by atoms with van der Waals surface area (Å²) in [6.45, 7) is 0. The molecule has 0 fully saturated rings. The molecule has 0 saturated carbocycles. The van der Waals surface area contributed by atoms with Gasteiger partial charge in [-0.1, -0.05) is 6.07 Å². The van der Waals surface area contributed by atoms with E-state index in [4.69, 9.17) is 0 Å². The van der Waals surface area contributed by atoms with Crippen LogP contribution in [-0.2, 0) is 0 Å². The molecular formula is C11H7N3O2. The standard InChI is InChI=1S/C11H7N3O2/c15-14(16)8-4-5-10-9(7-8)11-3-1-2-6-13(11)12-10/h1-7H. The van der Waals surface area contributed by atoms with E-state index in [2.05, 4.69) is 5.10 Å². The fourth-order valence-electron chi connectivity index (χ4n) is 1.78. The van der Waals surface area contributed by atoms with Crippen LogP contribution in [0.25, 0.3) is 16.4 Å². The van der Waals surface area contributed by atoms with Gasteiger partial charge in [0.2, 0.25) is 0 Å². The molecule has 0 aliphatic carbocycles. The second-order valence-electron chi connectivity index (χ2n) is 3.49. The van der Waals surface area contributed by atoms with E-state index in [0.29, 0.717) is 0 Å². The van der Waals surface area contributed by atoms with Gasteiger partial charge in [-0.3, -0.25) is 10.1 Å². The predicted molar refractivity (Wildman–Crippen MR) is 59.4 cm³/mol. The minimum atomic E-state index is -0.397. The largest absolute Gasteiger partial charge is 0.270 e. The summed E-state index contributed by atoms with van der Waals surface area (Å²) in [6.07, 6.45) is 1.82. The zero-order valence-electron chi connectivity index (χ0n) is 8.20. The Morgan fingerprint density at radius 1 is 1.25 bits per heavy atom. The molecular weight excluding hydrogens is 206 g/mol. The second-order valence-corrected chi connectivity index (χ2v) is 3.49. The van der Waals surface area contributed by atoms with Crippen LogP contribution >= 0.6 is 0 Å². The number of nitro groups is 1. The molecule has 0 N–H and O–H groups in total. The molecule has 1 aromatic carbocycles. The number of hydrogen-bond acceptors (Lipinski definition) is 3. The zero-order valence-corrected chi connectivity index (χ0v) is 8.20. The van der Waals surface area contributed by atoms with Crippen LogP contribution in [0.15, 0.2) is 42.6 Å². The van der Waals surface area contributed by atoms with Crippen molar-refractivity contribution in [3.05, 3.63) is 52.7 Å². The van der Waals surface area contributed by atoms with E-state index in [1.807, 2.05) is 24.4 Å². The summed E-state index contributed by atoms with van der Waals surface area (Å²) in [6, 6.07) is 10.3. The summed E-state index contributed by atoms with van der Waals surface area (Å²) in [7, 11) is 0. The lowest BCUT2D eigenvalue weighted by Crippen LogP contribution is -1.86. The zero-order chi connectivity index (χ0) is 11.1. The second kappa shape index (κ2) is 3.03. The third-order valence-corrected chi connectivity index (χ3v) is 2.52. The Bertz CT molecular complexity index is 703. The topological polar surface area (TPSA) is 60.4 Å². The minimum absolute atomic E-state index is 0.0891. The fourth-order valence-corrected chi connectivity index (χ4v) is 1.78. The SMILES string of the molecule is O=[N+]([O-])c1ccc2nn3ccccc3c2c1. The Balaban J connectivity index is 2.44. The first-order valence-corrected chi connectivity index (χ1v) is 4.77. The Hall–Kier alpha value is -2.43. The molecule has 0 amide bonds. The maximum absolute atomic E-state index is 10.7. The summed E-state index contributed by atoms with van der Waals surface area (Å²) in [4.78, 5) is 10.3. The Kier molecular flexibility index (Phi) is 1.67. The maximum Gasteiger partial charge on any atom is 0.270 e. The molecule has 2 aromatic heterocycles. The number of aromatic nitrogens is 2. The van der Waals surface area contributed by atoms with E-state index in [1.54, 1.807) is 16.6 Å². The van der Waals surface area contributed by atoms with Crippen LogP contribution < -0.4 is 0 Å². The average molecular weight is 213 g/mol. The molecule has 3 rings (SSSR count). The first-order chi connectivity index (χ1) is 7.75. The monoisotopic (exact) mass is 213 g/mol. The number of nitrogens with zero attached hydrogens (tertiary/aromatic N) is 3. The predicted octanol–water partition coefficient (Wildman–Crippen LogP) is 2.40. The molecule has 0 saturated heterocycles. The van der Waals surface area contributed by atoms with Gasteiger partial charge in [0.15, 0.2) is 0 Å². The van der Waals surface area contributed by atoms with E-state index in [9.17, 15) is 10.1 Å². The quantitative estimate of drug-likeness (QED) is 0.460. The average Bonchev–Trinajstić information content (AvgIpc) is 2.66. The van der Waals surface area contributed by atoms with E-state index in [-0.39, 0.29) is 5.69 Å². The van der Waals surface area contributed by atoms with Gasteiger partial charge in [-0.2, -0.15) is 5.10 Å². The molecule has 0 unspecified atom stereocenters. The third-order valence-electron chi connectivity index (χ3n) is 2.52. The van der Waals surface area contributed by atoms with Crippen molar-refractivity contribution in [2.45, 2.75) is 0 Å². The molecule has 0 radical (unpaired) electrons. The van der Waals surface area contributed by atoms with Crippen molar-refractivity contribution in [3.8, 4) is 0 Å². The highest BCUT2D eigenvalue weighted by Crippen LogP contribution is 2.23. The Morgan fingerprint density at radius 3 is 2.94 bits per heavy atom. The minimum Gasteiger partial charge on any atom is -0.258 e. The molecule has 0 bridgehead atoms. The van der Waals surface area contributed by atoms with Crippen LogP contribution in [0.4, 0.5) is 5.69 Å². The molecule has 0 aliphatic rings. The van der Waals surface area contributed by atoms with E-state index in [1.165, 1.54) is 6.07 Å². The van der Waals surface area contributed by atoms with Crippen LogP contribution in [0, 0.1) is 10.1 Å². The van der Waals surface area contributed by atoms with Gasteiger partial charge in [-0.15, -0.1) is 0 Å². The van der Waals surface area contributed by atoms with Crippen LogP contribution in [-0.4, -0.2) is 14.5 Å². The van der Waals surface area contributed by atoms with Crippen LogP contribution in [0.2, 0.25) is 0 Å². The number of non-ortho nitro benzene ring substituents is 1. The molecule has 3 aromatic rings. The highest BCUT2D eigenvalue weighted by atomic mass is 16.6. The molecule has 5 nitrogen and oxygen atoms in total.